The number of fused-ring (bicyclic) bond motifs is 1. The summed E-state index contributed by atoms with van der Waals surface area (Å²) in [6, 6.07) is 9.13. The number of nitrogens with two attached hydrogens (primary N) is 1. The van der Waals surface area contributed by atoms with Gasteiger partial charge in [0.15, 0.2) is 0 Å². The number of hydrogen-bond donors (Lipinski definition) is 2. The van der Waals surface area contributed by atoms with E-state index in [1.54, 1.807) is 7.11 Å². The number of hydrazine groups is 1. The van der Waals surface area contributed by atoms with E-state index < -0.39 is 0 Å². The van der Waals surface area contributed by atoms with Gasteiger partial charge < -0.3 is 4.74 Å². The van der Waals surface area contributed by atoms with Crippen molar-refractivity contribution >= 4 is 0 Å². The first-order valence-corrected chi connectivity index (χ1v) is 7.66. The van der Waals surface area contributed by atoms with E-state index in [1.165, 1.54) is 30.4 Å². The van der Waals surface area contributed by atoms with Crippen molar-refractivity contribution in [3.63, 3.8) is 0 Å². The van der Waals surface area contributed by atoms with Crippen molar-refractivity contribution in [2.45, 2.75) is 63.5 Å². The molecule has 0 aliphatic heterocycles. The molecule has 0 aromatic heterocycles. The highest BCUT2D eigenvalue weighted by Crippen LogP contribution is 2.35. The summed E-state index contributed by atoms with van der Waals surface area (Å²) in [6.45, 7) is 4.27. The summed E-state index contributed by atoms with van der Waals surface area (Å²) in [5.41, 5.74) is 5.95. The van der Waals surface area contributed by atoms with Crippen LogP contribution in [0.15, 0.2) is 24.3 Å². The monoisotopic (exact) mass is 276 g/mol. The van der Waals surface area contributed by atoms with Crippen LogP contribution < -0.4 is 11.3 Å². The molecule has 2 atom stereocenters. The molecule has 2 unspecified atom stereocenters. The van der Waals surface area contributed by atoms with Gasteiger partial charge in [0.05, 0.1) is 5.60 Å². The minimum atomic E-state index is -0.0801. The first-order valence-electron chi connectivity index (χ1n) is 7.66. The zero-order valence-electron chi connectivity index (χ0n) is 13.0. The average molecular weight is 276 g/mol. The van der Waals surface area contributed by atoms with E-state index in [2.05, 4.69) is 43.5 Å². The highest BCUT2D eigenvalue weighted by molar-refractivity contribution is 5.33. The molecule has 0 saturated heterocycles. The first-order chi connectivity index (χ1) is 9.57. The van der Waals surface area contributed by atoms with E-state index in [4.69, 9.17) is 10.6 Å². The average Bonchev–Trinajstić information content (AvgIpc) is 2.48. The molecule has 1 aliphatic rings. The third-order valence-corrected chi connectivity index (χ3v) is 4.73. The van der Waals surface area contributed by atoms with Gasteiger partial charge in [-0.05, 0) is 57.1 Å². The van der Waals surface area contributed by atoms with E-state index in [-0.39, 0.29) is 5.60 Å². The molecule has 0 radical (unpaired) electrons. The fraction of sp³-hybridized carbons (Fsp3) is 0.647. The number of methoxy groups -OCH3 is 1. The molecule has 1 aromatic rings. The lowest BCUT2D eigenvalue weighted by molar-refractivity contribution is 0.0109. The van der Waals surface area contributed by atoms with Crippen molar-refractivity contribution in [3.05, 3.63) is 35.4 Å². The van der Waals surface area contributed by atoms with Crippen LogP contribution in [0.3, 0.4) is 0 Å². The van der Waals surface area contributed by atoms with Crippen LogP contribution in [0.5, 0.6) is 0 Å². The van der Waals surface area contributed by atoms with Crippen LogP contribution in [0.4, 0.5) is 0 Å². The predicted molar refractivity (Wildman–Crippen MR) is 83.6 cm³/mol. The minimum Gasteiger partial charge on any atom is -0.379 e. The Labute approximate surface area is 122 Å². The van der Waals surface area contributed by atoms with E-state index >= 15 is 0 Å². The minimum absolute atomic E-state index is 0.0801. The van der Waals surface area contributed by atoms with Crippen molar-refractivity contribution < 1.29 is 4.74 Å². The van der Waals surface area contributed by atoms with Gasteiger partial charge >= 0.3 is 0 Å². The third-order valence-electron chi connectivity index (χ3n) is 4.73. The van der Waals surface area contributed by atoms with Gasteiger partial charge in [-0.3, -0.25) is 11.3 Å². The molecule has 0 spiro atoms. The molecule has 112 valence electrons. The van der Waals surface area contributed by atoms with E-state index in [0.717, 1.165) is 12.8 Å². The third kappa shape index (κ3) is 3.60. The lowest BCUT2D eigenvalue weighted by atomic mass is 9.77. The molecular weight excluding hydrogens is 248 g/mol. The zero-order chi connectivity index (χ0) is 14.6. The molecule has 3 N–H and O–H groups in total. The van der Waals surface area contributed by atoms with Gasteiger partial charge in [-0.2, -0.15) is 0 Å². The largest absolute Gasteiger partial charge is 0.379 e. The van der Waals surface area contributed by atoms with Gasteiger partial charge in [0.25, 0.3) is 0 Å². The van der Waals surface area contributed by atoms with Gasteiger partial charge in [-0.1, -0.05) is 24.3 Å². The molecule has 1 aromatic carbocycles. The SMILES string of the molecule is COC(C)(C)CCC(NN)C1CCCc2ccccc21. The molecule has 1 aliphatic carbocycles. The summed E-state index contributed by atoms with van der Waals surface area (Å²) in [4.78, 5) is 0. The fourth-order valence-electron chi connectivity index (χ4n) is 3.22. The van der Waals surface area contributed by atoms with Gasteiger partial charge in [0.2, 0.25) is 0 Å². The number of benzene rings is 1. The Hall–Kier alpha value is -0.900. The number of aryl methyl sites for hydroxylation is 1. The fourth-order valence-corrected chi connectivity index (χ4v) is 3.22. The maximum Gasteiger partial charge on any atom is 0.0623 e. The van der Waals surface area contributed by atoms with Gasteiger partial charge in [-0.25, -0.2) is 0 Å². The molecule has 0 heterocycles. The lowest BCUT2D eigenvalue weighted by Gasteiger charge is -2.34. The Balaban J connectivity index is 2.09. The summed E-state index contributed by atoms with van der Waals surface area (Å²) >= 11 is 0. The second kappa shape index (κ2) is 6.70. The second-order valence-corrected chi connectivity index (χ2v) is 6.47. The van der Waals surface area contributed by atoms with Crippen molar-refractivity contribution in [1.29, 1.82) is 0 Å². The molecular formula is C17H28N2O. The van der Waals surface area contributed by atoms with E-state index in [9.17, 15) is 0 Å². The summed E-state index contributed by atoms with van der Waals surface area (Å²) < 4.78 is 5.52. The molecule has 3 nitrogen and oxygen atoms in total. The van der Waals surface area contributed by atoms with Crippen LogP contribution in [-0.4, -0.2) is 18.8 Å². The lowest BCUT2D eigenvalue weighted by Crippen LogP contribution is -2.42. The van der Waals surface area contributed by atoms with Crippen molar-refractivity contribution in [2.75, 3.05) is 7.11 Å². The second-order valence-electron chi connectivity index (χ2n) is 6.47. The van der Waals surface area contributed by atoms with Gasteiger partial charge in [-0.15, -0.1) is 0 Å². The number of nitrogens with one attached hydrogen (secondary N) is 1. The zero-order valence-corrected chi connectivity index (χ0v) is 13.0. The van der Waals surface area contributed by atoms with Crippen LogP contribution in [-0.2, 0) is 11.2 Å². The first kappa shape index (κ1) is 15.5. The van der Waals surface area contributed by atoms with Crippen molar-refractivity contribution in [2.24, 2.45) is 5.84 Å². The maximum atomic E-state index is 5.84. The maximum absolute atomic E-state index is 5.84. The van der Waals surface area contributed by atoms with Crippen LogP contribution in [0.25, 0.3) is 0 Å². The summed E-state index contributed by atoms with van der Waals surface area (Å²) in [6.07, 6.45) is 5.73. The molecule has 0 fully saturated rings. The van der Waals surface area contributed by atoms with E-state index in [1.807, 2.05) is 0 Å². The topological polar surface area (TPSA) is 47.3 Å². The normalized spacial score (nSPS) is 20.5. The van der Waals surface area contributed by atoms with Crippen LogP contribution in [0.2, 0.25) is 0 Å². The smallest absolute Gasteiger partial charge is 0.0623 e. The number of ether oxygens (including phenoxy) is 1. The summed E-state index contributed by atoms with van der Waals surface area (Å²) in [7, 11) is 1.78. The molecule has 3 heteroatoms. The molecule has 20 heavy (non-hydrogen) atoms. The van der Waals surface area contributed by atoms with Gasteiger partial charge in [0, 0.05) is 19.1 Å². The van der Waals surface area contributed by atoms with Gasteiger partial charge in [0.1, 0.15) is 0 Å². The van der Waals surface area contributed by atoms with E-state index in [0.29, 0.717) is 12.0 Å². The van der Waals surface area contributed by atoms with Crippen molar-refractivity contribution in [1.82, 2.24) is 5.43 Å². The number of hydrogen-bond acceptors (Lipinski definition) is 3. The Kier molecular flexibility index (Phi) is 5.19. The quantitative estimate of drug-likeness (QED) is 0.620. The predicted octanol–water partition coefficient (Wildman–Crippen LogP) is 3.14. The summed E-state index contributed by atoms with van der Waals surface area (Å²) in [5, 5.41) is 0. The van der Waals surface area contributed by atoms with Crippen molar-refractivity contribution in [3.8, 4) is 0 Å². The Bertz CT molecular complexity index is 431. The molecule has 0 saturated carbocycles. The molecule has 2 rings (SSSR count). The Morgan fingerprint density at radius 2 is 2.15 bits per heavy atom. The highest BCUT2D eigenvalue weighted by atomic mass is 16.5. The highest BCUT2D eigenvalue weighted by Gasteiger charge is 2.28. The van der Waals surface area contributed by atoms with Crippen LogP contribution in [0.1, 0.15) is 56.6 Å². The molecule has 0 amide bonds. The van der Waals surface area contributed by atoms with Crippen LogP contribution >= 0.6 is 0 Å². The Morgan fingerprint density at radius 1 is 1.40 bits per heavy atom. The van der Waals surface area contributed by atoms with Crippen LogP contribution in [0, 0.1) is 0 Å². The summed E-state index contributed by atoms with van der Waals surface area (Å²) in [5.74, 6) is 6.37. The molecule has 0 bridgehead atoms. The Morgan fingerprint density at radius 3 is 2.85 bits per heavy atom. The number of rotatable bonds is 6. The standard InChI is InChI=1S/C17H28N2O/c1-17(2,20-3)12-11-16(19-18)15-10-6-8-13-7-4-5-9-14(13)15/h4-5,7,9,15-16,19H,6,8,10-12,18H2,1-3H3.